The van der Waals surface area contributed by atoms with Crippen LogP contribution in [-0.4, -0.2) is 15.6 Å². The van der Waals surface area contributed by atoms with Gasteiger partial charge in [0.15, 0.2) is 0 Å². The molecule has 0 saturated carbocycles. The van der Waals surface area contributed by atoms with Crippen LogP contribution < -0.4 is 5.32 Å². The Morgan fingerprint density at radius 1 is 0.963 bits per heavy atom. The van der Waals surface area contributed by atoms with Gasteiger partial charge in [0.2, 0.25) is 0 Å². The molecule has 0 aliphatic carbocycles. The summed E-state index contributed by atoms with van der Waals surface area (Å²) in [6, 6.07) is 16.3. The summed E-state index contributed by atoms with van der Waals surface area (Å²) in [7, 11) is 0. The average Bonchev–Trinajstić information content (AvgIpc) is 2.89. The summed E-state index contributed by atoms with van der Waals surface area (Å²) in [6.07, 6.45) is 0. The van der Waals surface area contributed by atoms with Crippen LogP contribution >= 0.6 is 0 Å². The Kier molecular flexibility index (Phi) is 5.72. The first-order valence-electron chi connectivity index (χ1n) is 8.88. The van der Waals surface area contributed by atoms with Crippen LogP contribution in [0.15, 0.2) is 54.6 Å². The van der Waals surface area contributed by atoms with E-state index in [1.54, 1.807) is 12.1 Å². The third-order valence-corrected chi connectivity index (χ3v) is 4.85. The molecule has 2 N–H and O–H groups in total. The third-order valence-electron chi connectivity index (χ3n) is 4.85. The van der Waals surface area contributed by atoms with E-state index in [2.05, 4.69) is 5.32 Å². The van der Waals surface area contributed by atoms with Gasteiger partial charge in [0.25, 0.3) is 0 Å². The Bertz CT molecular complexity index is 931. The average molecular weight is 366 g/mol. The highest BCUT2D eigenvalue weighted by Gasteiger charge is 2.22. The number of aromatic carboxylic acids is 1. The van der Waals surface area contributed by atoms with Crippen LogP contribution in [0.2, 0.25) is 0 Å². The zero-order chi connectivity index (χ0) is 19.4. The maximum atomic E-state index is 13.0. The second-order valence-corrected chi connectivity index (χ2v) is 6.63. The molecule has 1 heterocycles. The van der Waals surface area contributed by atoms with E-state index in [9.17, 15) is 14.3 Å². The lowest BCUT2D eigenvalue weighted by molar-refractivity contribution is 0.0694. The molecular weight excluding hydrogens is 343 g/mol. The molecule has 4 nitrogen and oxygen atoms in total. The van der Waals surface area contributed by atoms with Gasteiger partial charge in [-0.15, -0.1) is 0 Å². The summed E-state index contributed by atoms with van der Waals surface area (Å²) < 4.78 is 15.1. The summed E-state index contributed by atoms with van der Waals surface area (Å²) >= 11 is 0. The quantitative estimate of drug-likeness (QED) is 0.656. The van der Waals surface area contributed by atoms with Gasteiger partial charge in [-0.2, -0.15) is 0 Å². The van der Waals surface area contributed by atoms with Crippen LogP contribution in [0.4, 0.5) is 4.39 Å². The fourth-order valence-corrected chi connectivity index (χ4v) is 3.39. The van der Waals surface area contributed by atoms with E-state index < -0.39 is 5.97 Å². The topological polar surface area (TPSA) is 54.3 Å². The van der Waals surface area contributed by atoms with Crippen molar-refractivity contribution >= 4 is 5.97 Å². The van der Waals surface area contributed by atoms with E-state index in [1.807, 2.05) is 48.7 Å². The second-order valence-electron chi connectivity index (χ2n) is 6.63. The van der Waals surface area contributed by atoms with Gasteiger partial charge in [0, 0.05) is 36.6 Å². The smallest absolute Gasteiger partial charge is 0.337 e. The van der Waals surface area contributed by atoms with Crippen LogP contribution in [0.25, 0.3) is 0 Å². The number of carboxylic acid groups (broad SMARTS) is 1. The Labute approximate surface area is 158 Å². The highest BCUT2D eigenvalue weighted by molar-refractivity contribution is 5.91. The lowest BCUT2D eigenvalue weighted by Crippen LogP contribution is -2.15. The number of carbonyl (C=O) groups is 1. The molecule has 0 spiro atoms. The molecule has 3 aromatic rings. The third kappa shape index (κ3) is 4.26. The molecule has 27 heavy (non-hydrogen) atoms. The number of rotatable bonds is 7. The summed E-state index contributed by atoms with van der Waals surface area (Å²) in [5.41, 5.74) is 4.92. The Morgan fingerprint density at radius 2 is 1.63 bits per heavy atom. The van der Waals surface area contributed by atoms with E-state index in [4.69, 9.17) is 0 Å². The number of benzene rings is 2. The van der Waals surface area contributed by atoms with Gasteiger partial charge in [-0.3, -0.25) is 0 Å². The van der Waals surface area contributed by atoms with Crippen molar-refractivity contribution in [3.05, 3.63) is 94.1 Å². The van der Waals surface area contributed by atoms with Gasteiger partial charge in [0.1, 0.15) is 5.82 Å². The number of nitrogens with zero attached hydrogens (tertiary/aromatic N) is 1. The molecule has 0 aliphatic rings. The Morgan fingerprint density at radius 3 is 2.26 bits per heavy atom. The monoisotopic (exact) mass is 366 g/mol. The summed E-state index contributed by atoms with van der Waals surface area (Å²) in [4.78, 5) is 11.8. The first-order chi connectivity index (χ1) is 13.0. The number of halogens is 1. The lowest BCUT2D eigenvalue weighted by atomic mass is 10.1. The zero-order valence-electron chi connectivity index (χ0n) is 15.5. The van der Waals surface area contributed by atoms with Gasteiger partial charge in [-0.05, 0) is 37.1 Å². The minimum absolute atomic E-state index is 0.267. The largest absolute Gasteiger partial charge is 0.478 e. The molecule has 0 saturated heterocycles. The SMILES string of the molecule is Cc1c(CNCc2ccc(F)cc2)c(C(=O)O)c(C)n1Cc1ccccc1. The van der Waals surface area contributed by atoms with Crippen LogP contribution in [0, 0.1) is 19.7 Å². The predicted molar refractivity (Wildman–Crippen MR) is 103 cm³/mol. The number of hydrogen-bond donors (Lipinski definition) is 2. The van der Waals surface area contributed by atoms with Gasteiger partial charge in [-0.25, -0.2) is 9.18 Å². The normalized spacial score (nSPS) is 10.9. The summed E-state index contributed by atoms with van der Waals surface area (Å²) in [5, 5.41) is 13.0. The highest BCUT2D eigenvalue weighted by Crippen LogP contribution is 2.24. The molecule has 0 amide bonds. The standard InChI is InChI=1S/C22H23FN2O2/c1-15-20(13-24-12-17-8-10-19(23)11-9-17)21(22(26)27)16(2)25(15)14-18-6-4-3-5-7-18/h3-11,24H,12-14H2,1-2H3,(H,26,27). The van der Waals surface area contributed by atoms with E-state index in [-0.39, 0.29) is 5.82 Å². The van der Waals surface area contributed by atoms with Crippen molar-refractivity contribution in [3.8, 4) is 0 Å². The minimum Gasteiger partial charge on any atom is -0.478 e. The minimum atomic E-state index is -0.916. The van der Waals surface area contributed by atoms with Crippen LogP contribution in [0.3, 0.4) is 0 Å². The molecule has 140 valence electrons. The van der Waals surface area contributed by atoms with Gasteiger partial charge in [-0.1, -0.05) is 42.5 Å². The van der Waals surface area contributed by atoms with Crippen molar-refractivity contribution in [2.75, 3.05) is 0 Å². The first kappa shape index (κ1) is 18.9. The van der Waals surface area contributed by atoms with E-state index in [0.29, 0.717) is 25.2 Å². The molecule has 3 rings (SSSR count). The first-order valence-corrected chi connectivity index (χ1v) is 8.88. The maximum absolute atomic E-state index is 13.0. The van der Waals surface area contributed by atoms with Crippen LogP contribution in [-0.2, 0) is 19.6 Å². The molecule has 0 fully saturated rings. The van der Waals surface area contributed by atoms with Crippen molar-refractivity contribution in [1.29, 1.82) is 0 Å². The molecule has 0 unspecified atom stereocenters. The van der Waals surface area contributed by atoms with Crippen LogP contribution in [0.1, 0.15) is 38.4 Å². The van der Waals surface area contributed by atoms with Crippen LogP contribution in [0.5, 0.6) is 0 Å². The molecular formula is C22H23FN2O2. The van der Waals surface area contributed by atoms with Crippen molar-refractivity contribution in [3.63, 3.8) is 0 Å². The number of hydrogen-bond acceptors (Lipinski definition) is 2. The molecule has 0 radical (unpaired) electrons. The molecule has 0 bridgehead atoms. The van der Waals surface area contributed by atoms with Crippen molar-refractivity contribution in [2.45, 2.75) is 33.5 Å². The Hall–Kier alpha value is -2.92. The fraction of sp³-hybridized carbons (Fsp3) is 0.227. The Balaban J connectivity index is 1.82. The highest BCUT2D eigenvalue weighted by atomic mass is 19.1. The predicted octanol–water partition coefficient (Wildman–Crippen LogP) is 4.28. The van der Waals surface area contributed by atoms with E-state index >= 15 is 0 Å². The van der Waals surface area contributed by atoms with Gasteiger partial charge >= 0.3 is 5.97 Å². The van der Waals surface area contributed by atoms with Crippen molar-refractivity contribution < 1.29 is 14.3 Å². The fourth-order valence-electron chi connectivity index (χ4n) is 3.39. The molecule has 5 heteroatoms. The van der Waals surface area contributed by atoms with E-state index in [1.165, 1.54) is 12.1 Å². The molecule has 2 aromatic carbocycles. The van der Waals surface area contributed by atoms with Crippen molar-refractivity contribution in [2.24, 2.45) is 0 Å². The van der Waals surface area contributed by atoms with Gasteiger partial charge in [0.05, 0.1) is 5.56 Å². The van der Waals surface area contributed by atoms with E-state index in [0.717, 1.165) is 28.1 Å². The van der Waals surface area contributed by atoms with Gasteiger partial charge < -0.3 is 15.0 Å². The summed E-state index contributed by atoms with van der Waals surface area (Å²) in [5.74, 6) is -1.18. The zero-order valence-corrected chi connectivity index (χ0v) is 15.5. The molecule has 0 aliphatic heterocycles. The molecule has 1 aromatic heterocycles. The number of carboxylic acids is 1. The molecule has 0 atom stereocenters. The summed E-state index contributed by atoms with van der Waals surface area (Å²) in [6.45, 7) is 5.42. The van der Waals surface area contributed by atoms with Crippen molar-refractivity contribution in [1.82, 2.24) is 9.88 Å². The second kappa shape index (κ2) is 8.18. The number of nitrogens with one attached hydrogen (secondary N) is 1. The lowest BCUT2D eigenvalue weighted by Gasteiger charge is -2.10. The maximum Gasteiger partial charge on any atom is 0.337 e. The number of aromatic nitrogens is 1.